The van der Waals surface area contributed by atoms with Crippen LogP contribution in [0.1, 0.15) is 32.9 Å². The monoisotopic (exact) mass is 491 g/mol. The van der Waals surface area contributed by atoms with Crippen molar-refractivity contribution >= 4 is 34.4 Å². The number of aliphatic hydroxyl groups is 1. The molecule has 2 aromatic heterocycles. The van der Waals surface area contributed by atoms with Gasteiger partial charge in [0.2, 0.25) is 5.91 Å². The molecule has 0 saturated carbocycles. The zero-order chi connectivity index (χ0) is 25.0. The number of hydrogen-bond donors (Lipinski definition) is 2. The molecule has 0 aliphatic heterocycles. The number of nitrogens with zero attached hydrogens (tertiary/aromatic N) is 4. The van der Waals surface area contributed by atoms with E-state index in [4.69, 9.17) is 5.10 Å². The first-order valence-corrected chi connectivity index (χ1v) is 12.5. The maximum absolute atomic E-state index is 13.0. The minimum absolute atomic E-state index is 0.0382. The van der Waals surface area contributed by atoms with Crippen LogP contribution in [0.4, 0.5) is 5.82 Å². The van der Waals surface area contributed by atoms with E-state index in [0.29, 0.717) is 34.8 Å². The third kappa shape index (κ3) is 5.63. The molecule has 35 heavy (non-hydrogen) atoms. The van der Waals surface area contributed by atoms with Gasteiger partial charge in [0.05, 0.1) is 28.0 Å². The van der Waals surface area contributed by atoms with Gasteiger partial charge < -0.3 is 10.4 Å². The van der Waals surface area contributed by atoms with Gasteiger partial charge in [-0.15, -0.1) is 0 Å². The number of thioether (sulfide) groups is 1. The lowest BCUT2D eigenvalue weighted by Crippen LogP contribution is -2.25. The SMILES string of the molecule is CC(C)(C)c1cc(NC(=O)CSc2nc3ccccc3c(=O)n2CCCO)n(-c2ccccc2)n1. The smallest absolute Gasteiger partial charge is 0.262 e. The summed E-state index contributed by atoms with van der Waals surface area (Å²) >= 11 is 1.20. The molecule has 1 amide bonds. The molecule has 0 unspecified atom stereocenters. The second kappa shape index (κ2) is 10.5. The van der Waals surface area contributed by atoms with Crippen LogP contribution in [0.25, 0.3) is 16.6 Å². The standard InChI is InChI=1S/C26H29N5O3S/c1-26(2,3)21-16-22(31(29-21)18-10-5-4-6-11-18)28-23(33)17-35-25-27-20-13-8-7-12-19(20)24(34)30(25)14-9-15-32/h4-8,10-13,16,32H,9,14-15,17H2,1-3H3,(H,28,33). The fraction of sp³-hybridized carbons (Fsp3) is 0.308. The Morgan fingerprint density at radius 3 is 2.51 bits per heavy atom. The first kappa shape index (κ1) is 24.7. The molecule has 182 valence electrons. The predicted octanol–water partition coefficient (Wildman–Crippen LogP) is 3.99. The molecule has 0 spiro atoms. The Labute approximate surface area is 208 Å². The molecule has 0 atom stereocenters. The number of carbonyl (C=O) groups is 1. The Morgan fingerprint density at radius 2 is 1.80 bits per heavy atom. The summed E-state index contributed by atoms with van der Waals surface area (Å²) in [6.07, 6.45) is 0.422. The molecule has 8 nitrogen and oxygen atoms in total. The minimum Gasteiger partial charge on any atom is -0.396 e. The molecule has 0 aliphatic rings. The summed E-state index contributed by atoms with van der Waals surface area (Å²) in [4.78, 5) is 30.6. The van der Waals surface area contributed by atoms with Gasteiger partial charge in [0.1, 0.15) is 5.82 Å². The fourth-order valence-electron chi connectivity index (χ4n) is 3.60. The molecule has 4 aromatic rings. The number of nitrogens with one attached hydrogen (secondary N) is 1. The summed E-state index contributed by atoms with van der Waals surface area (Å²) in [6.45, 7) is 6.51. The highest BCUT2D eigenvalue weighted by Crippen LogP contribution is 2.27. The Hall–Kier alpha value is -3.43. The molecule has 2 aromatic carbocycles. The molecule has 2 N–H and O–H groups in total. The Kier molecular flexibility index (Phi) is 7.37. The van der Waals surface area contributed by atoms with Crippen LogP contribution in [0, 0.1) is 0 Å². The zero-order valence-corrected chi connectivity index (χ0v) is 20.9. The van der Waals surface area contributed by atoms with Crippen molar-refractivity contribution in [2.75, 3.05) is 17.7 Å². The number of benzene rings is 2. The molecule has 4 rings (SSSR count). The predicted molar refractivity (Wildman–Crippen MR) is 139 cm³/mol. The van der Waals surface area contributed by atoms with Gasteiger partial charge in [-0.2, -0.15) is 5.10 Å². The number of fused-ring (bicyclic) bond motifs is 1. The van der Waals surface area contributed by atoms with E-state index in [0.717, 1.165) is 11.4 Å². The van der Waals surface area contributed by atoms with Gasteiger partial charge in [-0.25, -0.2) is 9.67 Å². The van der Waals surface area contributed by atoms with E-state index in [2.05, 4.69) is 31.1 Å². The second-order valence-electron chi connectivity index (χ2n) is 9.19. The van der Waals surface area contributed by atoms with Crippen LogP contribution in [0.5, 0.6) is 0 Å². The minimum atomic E-state index is -0.233. The van der Waals surface area contributed by atoms with E-state index in [9.17, 15) is 14.7 Å². The summed E-state index contributed by atoms with van der Waals surface area (Å²) < 4.78 is 3.26. The van der Waals surface area contributed by atoms with Crippen molar-refractivity contribution in [3.63, 3.8) is 0 Å². The molecular weight excluding hydrogens is 462 g/mol. The number of rotatable bonds is 8. The van der Waals surface area contributed by atoms with Gasteiger partial charge in [0.25, 0.3) is 5.56 Å². The molecule has 0 bridgehead atoms. The summed E-state index contributed by atoms with van der Waals surface area (Å²) in [7, 11) is 0. The van der Waals surface area contributed by atoms with Gasteiger partial charge in [0.15, 0.2) is 5.16 Å². The quantitative estimate of drug-likeness (QED) is 0.285. The third-order valence-electron chi connectivity index (χ3n) is 5.44. The van der Waals surface area contributed by atoms with Gasteiger partial charge in [-0.1, -0.05) is 62.9 Å². The van der Waals surface area contributed by atoms with Crippen LogP contribution in [0.3, 0.4) is 0 Å². The molecule has 0 aliphatic carbocycles. The van der Waals surface area contributed by atoms with Gasteiger partial charge in [-0.05, 0) is 30.7 Å². The van der Waals surface area contributed by atoms with E-state index >= 15 is 0 Å². The third-order valence-corrected chi connectivity index (χ3v) is 6.42. The highest BCUT2D eigenvalue weighted by molar-refractivity contribution is 7.99. The largest absolute Gasteiger partial charge is 0.396 e. The van der Waals surface area contributed by atoms with Crippen molar-refractivity contribution in [3.8, 4) is 5.69 Å². The van der Waals surface area contributed by atoms with Crippen molar-refractivity contribution in [2.45, 2.75) is 44.3 Å². The van der Waals surface area contributed by atoms with Crippen molar-refractivity contribution in [1.82, 2.24) is 19.3 Å². The second-order valence-corrected chi connectivity index (χ2v) is 10.1. The van der Waals surface area contributed by atoms with E-state index in [1.54, 1.807) is 22.9 Å². The van der Waals surface area contributed by atoms with Crippen LogP contribution in [0.2, 0.25) is 0 Å². The fourth-order valence-corrected chi connectivity index (χ4v) is 4.42. The van der Waals surface area contributed by atoms with Crippen LogP contribution in [-0.2, 0) is 16.8 Å². The lowest BCUT2D eigenvalue weighted by atomic mass is 9.92. The van der Waals surface area contributed by atoms with E-state index in [1.807, 2.05) is 42.5 Å². The topological polar surface area (TPSA) is 102 Å². The number of aromatic nitrogens is 4. The first-order chi connectivity index (χ1) is 16.8. The average molecular weight is 492 g/mol. The lowest BCUT2D eigenvalue weighted by Gasteiger charge is -2.14. The van der Waals surface area contributed by atoms with Crippen LogP contribution < -0.4 is 10.9 Å². The first-order valence-electron chi connectivity index (χ1n) is 11.5. The van der Waals surface area contributed by atoms with E-state index < -0.39 is 0 Å². The van der Waals surface area contributed by atoms with Gasteiger partial charge in [0, 0.05) is 24.6 Å². The number of amides is 1. The molecule has 0 radical (unpaired) electrons. The van der Waals surface area contributed by atoms with Gasteiger partial charge in [-0.3, -0.25) is 14.2 Å². The summed E-state index contributed by atoms with van der Waals surface area (Å²) in [5.74, 6) is 0.411. The maximum Gasteiger partial charge on any atom is 0.262 e. The zero-order valence-electron chi connectivity index (χ0n) is 20.1. The lowest BCUT2D eigenvalue weighted by molar-refractivity contribution is -0.113. The normalized spacial score (nSPS) is 11.7. The summed E-state index contributed by atoms with van der Waals surface area (Å²) in [6, 6.07) is 18.7. The number of anilines is 1. The Bertz CT molecular complexity index is 1390. The van der Waals surface area contributed by atoms with Crippen molar-refractivity contribution in [2.24, 2.45) is 0 Å². The molecule has 0 saturated heterocycles. The van der Waals surface area contributed by atoms with Crippen LogP contribution in [0.15, 0.2) is 70.6 Å². The highest BCUT2D eigenvalue weighted by Gasteiger charge is 2.22. The highest BCUT2D eigenvalue weighted by atomic mass is 32.2. The number of hydrogen-bond acceptors (Lipinski definition) is 6. The van der Waals surface area contributed by atoms with Crippen molar-refractivity contribution < 1.29 is 9.90 Å². The van der Waals surface area contributed by atoms with Gasteiger partial charge >= 0.3 is 0 Å². The number of para-hydroxylation sites is 2. The Balaban J connectivity index is 1.58. The number of aliphatic hydroxyl groups excluding tert-OH is 1. The Morgan fingerprint density at radius 1 is 1.09 bits per heavy atom. The average Bonchev–Trinajstić information content (AvgIpc) is 3.27. The summed E-state index contributed by atoms with van der Waals surface area (Å²) in [5, 5.41) is 17.9. The molecule has 9 heteroatoms. The molecule has 2 heterocycles. The van der Waals surface area contributed by atoms with Crippen molar-refractivity contribution in [1.29, 1.82) is 0 Å². The van der Waals surface area contributed by atoms with E-state index in [-0.39, 0.29) is 29.2 Å². The molecule has 0 fully saturated rings. The molecular formula is C26H29N5O3S. The van der Waals surface area contributed by atoms with Crippen molar-refractivity contribution in [3.05, 3.63) is 76.7 Å². The summed E-state index contributed by atoms with van der Waals surface area (Å²) in [5.41, 5.74) is 1.92. The number of carbonyl (C=O) groups excluding carboxylic acids is 1. The van der Waals surface area contributed by atoms with Crippen LogP contribution >= 0.6 is 11.8 Å². The van der Waals surface area contributed by atoms with Crippen LogP contribution in [-0.4, -0.2) is 42.7 Å². The van der Waals surface area contributed by atoms with E-state index in [1.165, 1.54) is 16.3 Å². The maximum atomic E-state index is 13.0.